The van der Waals surface area contributed by atoms with E-state index in [0.29, 0.717) is 5.56 Å². The Morgan fingerprint density at radius 3 is 2.62 bits per heavy atom. The Morgan fingerprint density at radius 2 is 2.06 bits per heavy atom. The van der Waals surface area contributed by atoms with Crippen LogP contribution in [0.4, 0.5) is 0 Å². The smallest absolute Gasteiger partial charge is 0.355 e. The second-order valence-corrected chi connectivity index (χ2v) is 3.26. The van der Waals surface area contributed by atoms with Gasteiger partial charge in [-0.15, -0.1) is 0 Å². The molecule has 0 aromatic carbocycles. The van der Waals surface area contributed by atoms with Gasteiger partial charge in [0, 0.05) is 5.56 Å². The summed E-state index contributed by atoms with van der Waals surface area (Å²) >= 11 is 5.55. The molecule has 0 radical (unpaired) electrons. The Bertz CT molecular complexity index is 456. The lowest BCUT2D eigenvalue weighted by Gasteiger charge is -2.00. The molecule has 84 valence electrons. The van der Waals surface area contributed by atoms with Crippen LogP contribution < -0.4 is 0 Å². The van der Waals surface area contributed by atoms with Crippen LogP contribution in [-0.2, 0) is 4.79 Å². The molecular formula is C10H8ClNO4. The highest BCUT2D eigenvalue weighted by Gasteiger charge is 2.10. The number of halogens is 1. The summed E-state index contributed by atoms with van der Waals surface area (Å²) in [6.07, 6.45) is 2.56. The third kappa shape index (κ3) is 3.36. The minimum Gasteiger partial charge on any atom is -0.481 e. The Balaban J connectivity index is 2.99. The number of aromatic nitrogens is 1. The molecular weight excluding hydrogens is 234 g/mol. The van der Waals surface area contributed by atoms with E-state index >= 15 is 0 Å². The first kappa shape index (κ1) is 12.2. The highest BCUT2D eigenvalue weighted by Crippen LogP contribution is 2.13. The predicted octanol–water partition coefficient (Wildman–Crippen LogP) is 1.92. The van der Waals surface area contributed by atoms with E-state index in [4.69, 9.17) is 21.8 Å². The summed E-state index contributed by atoms with van der Waals surface area (Å²) in [5.74, 6) is -2.20. The van der Waals surface area contributed by atoms with Crippen LogP contribution in [0.3, 0.4) is 0 Å². The van der Waals surface area contributed by atoms with Crippen molar-refractivity contribution in [1.82, 2.24) is 4.98 Å². The van der Waals surface area contributed by atoms with Crippen molar-refractivity contribution >= 4 is 29.6 Å². The maximum atomic E-state index is 10.8. The van der Waals surface area contributed by atoms with Crippen LogP contribution in [0.2, 0.25) is 5.15 Å². The van der Waals surface area contributed by atoms with Gasteiger partial charge in [-0.05, 0) is 12.1 Å². The fourth-order valence-electron chi connectivity index (χ4n) is 1.04. The molecule has 0 saturated carbocycles. The first-order valence-corrected chi connectivity index (χ1v) is 4.66. The molecule has 0 spiro atoms. The number of pyridine rings is 1. The van der Waals surface area contributed by atoms with E-state index in [1.54, 1.807) is 0 Å². The fourth-order valence-corrected chi connectivity index (χ4v) is 1.19. The number of hydrogen-bond acceptors (Lipinski definition) is 3. The van der Waals surface area contributed by atoms with Crippen LogP contribution in [0.5, 0.6) is 0 Å². The SMILES string of the molecule is O=C(O)CC=Cc1ccc(Cl)nc1C(=O)O. The molecule has 0 aliphatic rings. The summed E-state index contributed by atoms with van der Waals surface area (Å²) in [6.45, 7) is 0. The molecule has 0 unspecified atom stereocenters. The van der Waals surface area contributed by atoms with Crippen molar-refractivity contribution in [3.05, 3.63) is 34.6 Å². The first-order chi connectivity index (χ1) is 7.50. The average molecular weight is 242 g/mol. The van der Waals surface area contributed by atoms with Gasteiger partial charge in [0.1, 0.15) is 5.15 Å². The largest absolute Gasteiger partial charge is 0.481 e. The summed E-state index contributed by atoms with van der Waals surface area (Å²) in [5.41, 5.74) is 0.118. The maximum absolute atomic E-state index is 10.8. The van der Waals surface area contributed by atoms with E-state index < -0.39 is 11.9 Å². The average Bonchev–Trinajstić information content (AvgIpc) is 2.19. The molecule has 0 aliphatic heterocycles. The summed E-state index contributed by atoms with van der Waals surface area (Å²) in [5, 5.41) is 17.3. The topological polar surface area (TPSA) is 87.5 Å². The Kier molecular flexibility index (Phi) is 4.02. The molecule has 1 heterocycles. The van der Waals surface area contributed by atoms with Gasteiger partial charge >= 0.3 is 11.9 Å². The van der Waals surface area contributed by atoms with Crippen molar-refractivity contribution < 1.29 is 19.8 Å². The van der Waals surface area contributed by atoms with Crippen molar-refractivity contribution in [2.45, 2.75) is 6.42 Å². The molecule has 0 fully saturated rings. The van der Waals surface area contributed by atoms with E-state index in [0.717, 1.165) is 0 Å². The van der Waals surface area contributed by atoms with E-state index in [1.807, 2.05) is 0 Å². The normalized spacial score (nSPS) is 10.6. The zero-order chi connectivity index (χ0) is 12.1. The fraction of sp³-hybridized carbons (Fsp3) is 0.100. The third-order valence-electron chi connectivity index (χ3n) is 1.68. The van der Waals surface area contributed by atoms with Gasteiger partial charge in [0.05, 0.1) is 6.42 Å². The summed E-state index contributed by atoms with van der Waals surface area (Å²) in [4.78, 5) is 24.7. The first-order valence-electron chi connectivity index (χ1n) is 4.29. The zero-order valence-electron chi connectivity index (χ0n) is 8.05. The van der Waals surface area contributed by atoms with Crippen molar-refractivity contribution in [2.24, 2.45) is 0 Å². The van der Waals surface area contributed by atoms with Gasteiger partial charge < -0.3 is 10.2 Å². The number of carboxylic acids is 2. The van der Waals surface area contributed by atoms with Crippen LogP contribution in [0, 0.1) is 0 Å². The van der Waals surface area contributed by atoms with Gasteiger partial charge in [-0.3, -0.25) is 4.79 Å². The Morgan fingerprint density at radius 1 is 1.38 bits per heavy atom. The molecule has 0 amide bonds. The monoisotopic (exact) mass is 241 g/mol. The lowest BCUT2D eigenvalue weighted by molar-refractivity contribution is -0.135. The number of aromatic carboxylic acids is 1. The van der Waals surface area contributed by atoms with Gasteiger partial charge in [0.15, 0.2) is 5.69 Å². The lowest BCUT2D eigenvalue weighted by Crippen LogP contribution is -2.03. The lowest BCUT2D eigenvalue weighted by atomic mass is 10.1. The van der Waals surface area contributed by atoms with Crippen molar-refractivity contribution in [2.75, 3.05) is 0 Å². The van der Waals surface area contributed by atoms with Crippen molar-refractivity contribution in [3.8, 4) is 0 Å². The van der Waals surface area contributed by atoms with E-state index in [-0.39, 0.29) is 17.3 Å². The van der Waals surface area contributed by atoms with Crippen LogP contribution in [0.1, 0.15) is 22.5 Å². The predicted molar refractivity (Wildman–Crippen MR) is 57.5 cm³/mol. The molecule has 1 rings (SSSR count). The van der Waals surface area contributed by atoms with Gasteiger partial charge in [-0.25, -0.2) is 9.78 Å². The molecule has 1 aromatic rings. The van der Waals surface area contributed by atoms with Gasteiger partial charge in [0.25, 0.3) is 0 Å². The highest BCUT2D eigenvalue weighted by molar-refractivity contribution is 6.29. The molecule has 2 N–H and O–H groups in total. The van der Waals surface area contributed by atoms with Gasteiger partial charge in [-0.1, -0.05) is 23.8 Å². The van der Waals surface area contributed by atoms with Crippen LogP contribution in [0.15, 0.2) is 18.2 Å². The molecule has 5 nitrogen and oxygen atoms in total. The number of rotatable bonds is 4. The molecule has 16 heavy (non-hydrogen) atoms. The molecule has 1 aromatic heterocycles. The van der Waals surface area contributed by atoms with E-state index in [1.165, 1.54) is 24.3 Å². The van der Waals surface area contributed by atoms with Crippen LogP contribution in [0.25, 0.3) is 6.08 Å². The number of nitrogens with zero attached hydrogens (tertiary/aromatic N) is 1. The molecule has 0 saturated heterocycles. The highest BCUT2D eigenvalue weighted by atomic mass is 35.5. The molecule has 6 heteroatoms. The number of aliphatic carboxylic acids is 1. The quantitative estimate of drug-likeness (QED) is 0.787. The Labute approximate surface area is 96.0 Å². The third-order valence-corrected chi connectivity index (χ3v) is 1.90. The van der Waals surface area contributed by atoms with Gasteiger partial charge in [0.2, 0.25) is 0 Å². The number of carboxylic acid groups (broad SMARTS) is 2. The van der Waals surface area contributed by atoms with Crippen LogP contribution >= 0.6 is 11.6 Å². The molecule has 0 aliphatic carbocycles. The number of hydrogen-bond donors (Lipinski definition) is 2. The van der Waals surface area contributed by atoms with E-state index in [9.17, 15) is 9.59 Å². The van der Waals surface area contributed by atoms with Crippen molar-refractivity contribution in [3.63, 3.8) is 0 Å². The summed E-state index contributed by atoms with van der Waals surface area (Å²) in [6, 6.07) is 2.91. The number of carbonyl (C=O) groups is 2. The summed E-state index contributed by atoms with van der Waals surface area (Å²) < 4.78 is 0. The minimum atomic E-state index is -1.21. The molecule has 0 atom stereocenters. The molecule has 0 bridgehead atoms. The van der Waals surface area contributed by atoms with E-state index in [2.05, 4.69) is 4.98 Å². The standard InChI is InChI=1S/C10H8ClNO4/c11-7-5-4-6(2-1-3-8(13)14)9(12-7)10(15)16/h1-2,4-5H,3H2,(H,13,14)(H,15,16). The maximum Gasteiger partial charge on any atom is 0.355 e. The van der Waals surface area contributed by atoms with Crippen LogP contribution in [-0.4, -0.2) is 27.1 Å². The minimum absolute atomic E-state index is 0.0767. The Hall–Kier alpha value is -1.88. The summed E-state index contributed by atoms with van der Waals surface area (Å²) in [7, 11) is 0. The zero-order valence-corrected chi connectivity index (χ0v) is 8.81. The van der Waals surface area contributed by atoms with Crippen molar-refractivity contribution in [1.29, 1.82) is 0 Å². The van der Waals surface area contributed by atoms with Gasteiger partial charge in [-0.2, -0.15) is 0 Å². The second kappa shape index (κ2) is 5.27. The second-order valence-electron chi connectivity index (χ2n) is 2.88.